The Hall–Kier alpha value is -1.59. The van der Waals surface area contributed by atoms with E-state index < -0.39 is 23.7 Å². The minimum absolute atomic E-state index is 0.243. The van der Waals surface area contributed by atoms with Crippen LogP contribution in [0, 0.1) is 0 Å². The molecule has 0 aromatic carbocycles. The molecule has 1 aliphatic heterocycles. The molecule has 1 unspecified atom stereocenters. The molecule has 108 valence electrons. The van der Waals surface area contributed by atoms with E-state index in [-0.39, 0.29) is 12.3 Å². The molecule has 0 saturated carbocycles. The van der Waals surface area contributed by atoms with Gasteiger partial charge in [-0.3, -0.25) is 4.79 Å². The summed E-state index contributed by atoms with van der Waals surface area (Å²) in [6.07, 6.45) is 1.23. The molecule has 6 heteroatoms. The Morgan fingerprint density at radius 3 is 2.42 bits per heavy atom. The van der Waals surface area contributed by atoms with Crippen molar-refractivity contribution in [3.63, 3.8) is 0 Å². The Balaban J connectivity index is 2.96. The SMILES string of the molecule is COC(=O)C1CCCCC(=O)N1C(=O)OC(C)(C)C. The van der Waals surface area contributed by atoms with Crippen LogP contribution in [0.15, 0.2) is 0 Å². The van der Waals surface area contributed by atoms with E-state index in [1.165, 1.54) is 7.11 Å². The summed E-state index contributed by atoms with van der Waals surface area (Å²) in [6, 6.07) is -0.880. The van der Waals surface area contributed by atoms with Crippen LogP contribution in [0.3, 0.4) is 0 Å². The third-order valence-corrected chi connectivity index (χ3v) is 2.76. The van der Waals surface area contributed by atoms with Gasteiger partial charge >= 0.3 is 12.1 Å². The number of rotatable bonds is 1. The maximum absolute atomic E-state index is 12.1. The minimum Gasteiger partial charge on any atom is -0.467 e. The highest BCUT2D eigenvalue weighted by atomic mass is 16.6. The summed E-state index contributed by atoms with van der Waals surface area (Å²) >= 11 is 0. The molecule has 1 atom stereocenters. The minimum atomic E-state index is -0.880. The first-order valence-corrected chi connectivity index (χ1v) is 6.39. The monoisotopic (exact) mass is 271 g/mol. The molecule has 19 heavy (non-hydrogen) atoms. The second kappa shape index (κ2) is 6.04. The van der Waals surface area contributed by atoms with Crippen LogP contribution in [-0.4, -0.2) is 41.6 Å². The van der Waals surface area contributed by atoms with Crippen LogP contribution in [0.2, 0.25) is 0 Å². The van der Waals surface area contributed by atoms with Gasteiger partial charge in [-0.15, -0.1) is 0 Å². The van der Waals surface area contributed by atoms with Crippen molar-refractivity contribution in [2.75, 3.05) is 7.11 Å². The number of hydrogen-bond acceptors (Lipinski definition) is 5. The van der Waals surface area contributed by atoms with E-state index in [4.69, 9.17) is 4.74 Å². The van der Waals surface area contributed by atoms with E-state index in [1.54, 1.807) is 20.8 Å². The molecule has 2 amide bonds. The van der Waals surface area contributed by atoms with Crippen molar-refractivity contribution >= 4 is 18.0 Å². The number of ether oxygens (including phenoxy) is 2. The summed E-state index contributed by atoms with van der Waals surface area (Å²) in [5, 5.41) is 0. The molecular formula is C13H21NO5. The highest BCUT2D eigenvalue weighted by Crippen LogP contribution is 2.21. The van der Waals surface area contributed by atoms with Crippen molar-refractivity contribution in [2.45, 2.75) is 58.1 Å². The number of imide groups is 1. The molecule has 1 fully saturated rings. The molecule has 0 spiro atoms. The average Bonchev–Trinajstić information content (AvgIpc) is 2.47. The number of carbonyl (C=O) groups excluding carboxylic acids is 3. The average molecular weight is 271 g/mol. The molecule has 0 radical (unpaired) electrons. The Morgan fingerprint density at radius 1 is 1.26 bits per heavy atom. The summed E-state index contributed by atoms with van der Waals surface area (Å²) < 4.78 is 9.85. The van der Waals surface area contributed by atoms with Gasteiger partial charge in [-0.05, 0) is 33.6 Å². The number of amides is 2. The zero-order valence-corrected chi connectivity index (χ0v) is 11.9. The fourth-order valence-corrected chi connectivity index (χ4v) is 1.94. The molecule has 0 bridgehead atoms. The second-order valence-electron chi connectivity index (χ2n) is 5.53. The van der Waals surface area contributed by atoms with E-state index in [2.05, 4.69) is 4.74 Å². The third kappa shape index (κ3) is 4.22. The number of nitrogens with zero attached hydrogens (tertiary/aromatic N) is 1. The van der Waals surface area contributed by atoms with Gasteiger partial charge in [0, 0.05) is 6.42 Å². The molecule has 1 aliphatic rings. The van der Waals surface area contributed by atoms with E-state index >= 15 is 0 Å². The molecule has 6 nitrogen and oxygen atoms in total. The fraction of sp³-hybridized carbons (Fsp3) is 0.769. The lowest BCUT2D eigenvalue weighted by Crippen LogP contribution is -2.49. The Labute approximate surface area is 113 Å². The van der Waals surface area contributed by atoms with Crippen molar-refractivity contribution in [1.82, 2.24) is 4.90 Å². The highest BCUT2D eigenvalue weighted by molar-refractivity contribution is 5.97. The first-order chi connectivity index (χ1) is 8.76. The number of esters is 1. The fourth-order valence-electron chi connectivity index (χ4n) is 1.94. The first kappa shape index (κ1) is 15.5. The van der Waals surface area contributed by atoms with Gasteiger partial charge in [0.1, 0.15) is 11.6 Å². The van der Waals surface area contributed by atoms with E-state index in [0.29, 0.717) is 19.3 Å². The van der Waals surface area contributed by atoms with Crippen molar-refractivity contribution in [2.24, 2.45) is 0 Å². The van der Waals surface area contributed by atoms with Crippen molar-refractivity contribution in [3.8, 4) is 0 Å². The molecule has 1 heterocycles. The summed E-state index contributed by atoms with van der Waals surface area (Å²) in [5.41, 5.74) is -0.718. The Bertz CT molecular complexity index is 372. The predicted octanol–water partition coefficient (Wildman–Crippen LogP) is 1.87. The second-order valence-corrected chi connectivity index (χ2v) is 5.53. The van der Waals surface area contributed by atoms with Gasteiger partial charge in [0.05, 0.1) is 7.11 Å². The van der Waals surface area contributed by atoms with Gasteiger partial charge in [0.2, 0.25) is 5.91 Å². The van der Waals surface area contributed by atoms with Crippen LogP contribution in [0.25, 0.3) is 0 Å². The van der Waals surface area contributed by atoms with Crippen LogP contribution in [0.5, 0.6) is 0 Å². The summed E-state index contributed by atoms with van der Waals surface area (Å²) in [5.74, 6) is -0.969. The standard InChI is InChI=1S/C13H21NO5/c1-13(2,3)19-12(17)14-9(11(16)18-4)7-5-6-8-10(14)15/h9H,5-8H2,1-4H3. The molecule has 1 rings (SSSR count). The van der Waals surface area contributed by atoms with E-state index in [1.807, 2.05) is 0 Å². The largest absolute Gasteiger partial charge is 0.467 e. The molecular weight excluding hydrogens is 250 g/mol. The lowest BCUT2D eigenvalue weighted by molar-refractivity contribution is -0.151. The summed E-state index contributed by atoms with van der Waals surface area (Å²) in [6.45, 7) is 5.13. The Kier molecular flexibility index (Phi) is 4.91. The van der Waals surface area contributed by atoms with Gasteiger partial charge in [0.15, 0.2) is 0 Å². The number of hydrogen-bond donors (Lipinski definition) is 0. The van der Waals surface area contributed by atoms with Crippen LogP contribution < -0.4 is 0 Å². The van der Waals surface area contributed by atoms with Gasteiger partial charge in [-0.1, -0.05) is 6.42 Å². The Morgan fingerprint density at radius 2 is 1.89 bits per heavy atom. The van der Waals surface area contributed by atoms with E-state index in [0.717, 1.165) is 4.90 Å². The molecule has 1 saturated heterocycles. The molecule has 0 aromatic heterocycles. The highest BCUT2D eigenvalue weighted by Gasteiger charge is 2.39. The predicted molar refractivity (Wildman–Crippen MR) is 67.4 cm³/mol. The first-order valence-electron chi connectivity index (χ1n) is 6.39. The molecule has 0 N–H and O–H groups in total. The summed E-state index contributed by atoms with van der Waals surface area (Å²) in [7, 11) is 1.24. The normalized spacial score (nSPS) is 20.7. The maximum atomic E-state index is 12.1. The number of methoxy groups -OCH3 is 1. The maximum Gasteiger partial charge on any atom is 0.417 e. The lowest BCUT2D eigenvalue weighted by Gasteiger charge is -2.29. The quantitative estimate of drug-likeness (QED) is 0.681. The zero-order valence-electron chi connectivity index (χ0n) is 11.9. The van der Waals surface area contributed by atoms with Crippen LogP contribution >= 0.6 is 0 Å². The van der Waals surface area contributed by atoms with Crippen molar-refractivity contribution in [1.29, 1.82) is 0 Å². The molecule has 0 aromatic rings. The van der Waals surface area contributed by atoms with Crippen LogP contribution in [0.1, 0.15) is 46.5 Å². The van der Waals surface area contributed by atoms with Crippen molar-refractivity contribution < 1.29 is 23.9 Å². The van der Waals surface area contributed by atoms with Gasteiger partial charge in [-0.2, -0.15) is 0 Å². The number of likely N-dealkylation sites (tertiary alicyclic amines) is 1. The van der Waals surface area contributed by atoms with Gasteiger partial charge < -0.3 is 9.47 Å². The van der Waals surface area contributed by atoms with Crippen LogP contribution in [-0.2, 0) is 19.1 Å². The van der Waals surface area contributed by atoms with Crippen LogP contribution in [0.4, 0.5) is 4.79 Å². The topological polar surface area (TPSA) is 72.9 Å². The van der Waals surface area contributed by atoms with Gasteiger partial charge in [-0.25, -0.2) is 14.5 Å². The van der Waals surface area contributed by atoms with E-state index in [9.17, 15) is 14.4 Å². The van der Waals surface area contributed by atoms with Crippen molar-refractivity contribution in [3.05, 3.63) is 0 Å². The third-order valence-electron chi connectivity index (χ3n) is 2.76. The van der Waals surface area contributed by atoms with Gasteiger partial charge in [0.25, 0.3) is 0 Å². The smallest absolute Gasteiger partial charge is 0.417 e. The molecule has 0 aliphatic carbocycles. The number of carbonyl (C=O) groups is 3. The zero-order chi connectivity index (χ0) is 14.6. The summed E-state index contributed by atoms with van der Waals surface area (Å²) in [4.78, 5) is 36.7. The lowest BCUT2D eigenvalue weighted by atomic mass is 10.1.